The van der Waals surface area contributed by atoms with Crippen LogP contribution in [-0.4, -0.2) is 57.7 Å². The fraction of sp³-hybridized carbons (Fsp3) is 0.353. The third kappa shape index (κ3) is 6.07. The molecule has 0 aliphatic carbocycles. The normalized spacial score (nSPS) is 22.4. The molecule has 1 fully saturated rings. The number of aliphatic hydroxyl groups excluding tert-OH is 1. The number of benzene rings is 3. The average molecular weight is 705 g/mol. The van der Waals surface area contributed by atoms with Gasteiger partial charge in [-0.3, -0.25) is 14.3 Å². The largest absolute Gasteiger partial charge is 0.432 e. The number of aliphatic hydroxyl groups is 1. The summed E-state index contributed by atoms with van der Waals surface area (Å²) in [6.45, 7) is 6.62. The molecule has 12 heteroatoms. The summed E-state index contributed by atoms with van der Waals surface area (Å²) in [5, 5.41) is 20.5. The first-order chi connectivity index (χ1) is 22.0. The van der Waals surface area contributed by atoms with Crippen LogP contribution in [0.25, 0.3) is 0 Å². The smallest absolute Gasteiger partial charge is 0.264 e. The lowest BCUT2D eigenvalue weighted by Crippen LogP contribution is -2.46. The van der Waals surface area contributed by atoms with Crippen LogP contribution >= 0.6 is 15.9 Å². The Hall–Kier alpha value is -3.68. The summed E-state index contributed by atoms with van der Waals surface area (Å²) in [7, 11) is -2.83. The number of aromatic nitrogens is 3. The maximum Gasteiger partial charge on any atom is 0.264 e. The maximum atomic E-state index is 14.7. The van der Waals surface area contributed by atoms with Crippen LogP contribution in [0, 0.1) is 5.92 Å². The summed E-state index contributed by atoms with van der Waals surface area (Å²) < 4.78 is 9.49. The third-order valence-electron chi connectivity index (χ3n) is 9.10. The minimum Gasteiger partial charge on any atom is -0.432 e. The van der Waals surface area contributed by atoms with E-state index in [9.17, 15) is 19.5 Å². The number of anilines is 2. The third-order valence-corrected chi connectivity index (χ3v) is 12.1. The lowest BCUT2D eigenvalue weighted by molar-refractivity contribution is -0.146. The van der Waals surface area contributed by atoms with Crippen LogP contribution in [-0.2, 0) is 34.6 Å². The second-order valence-electron chi connectivity index (χ2n) is 12.7. The molecule has 4 aromatic rings. The number of aryl methyl sites for hydroxylation is 1. The van der Waals surface area contributed by atoms with Gasteiger partial charge in [0, 0.05) is 58.5 Å². The summed E-state index contributed by atoms with van der Waals surface area (Å²) in [6, 6.07) is 22.4. The molecule has 240 valence electrons. The van der Waals surface area contributed by atoms with Gasteiger partial charge in [-0.05, 0) is 67.5 Å². The number of hydrogen-bond acceptors (Lipinski definition) is 7. The van der Waals surface area contributed by atoms with Gasteiger partial charge in [0.1, 0.15) is 0 Å². The summed E-state index contributed by atoms with van der Waals surface area (Å²) >= 11 is 3.62. The first-order valence-corrected chi connectivity index (χ1v) is 19.3. The first-order valence-electron chi connectivity index (χ1n) is 15.5. The van der Waals surface area contributed by atoms with E-state index >= 15 is 0 Å². The Kier molecular flexibility index (Phi) is 9.01. The maximum absolute atomic E-state index is 14.7. The molecule has 6 rings (SSSR count). The zero-order valence-corrected chi connectivity index (χ0v) is 28.6. The van der Waals surface area contributed by atoms with Crippen molar-refractivity contribution in [3.8, 4) is 0 Å². The van der Waals surface area contributed by atoms with E-state index in [2.05, 4.69) is 31.6 Å². The van der Waals surface area contributed by atoms with Crippen LogP contribution in [0.5, 0.6) is 0 Å². The van der Waals surface area contributed by atoms with E-state index < -0.39 is 13.9 Å². The molecule has 1 aromatic heterocycles. The number of carbonyl (C=O) groups is 2. The molecule has 1 saturated heterocycles. The average Bonchev–Trinajstić information content (AvgIpc) is 3.67. The summed E-state index contributed by atoms with van der Waals surface area (Å²) in [4.78, 5) is 40.9. The Balaban J connectivity index is 1.29. The van der Waals surface area contributed by atoms with Crippen molar-refractivity contribution in [3.05, 3.63) is 106 Å². The van der Waals surface area contributed by atoms with E-state index in [-0.39, 0.29) is 42.5 Å². The molecule has 2 amide bonds. The number of ether oxygens (including phenoxy) is 1. The SMILES string of the molecule is C[C@H]1[C@H]([Si](C)(C)O)[C@@H](CCn2cc(CCO)nn2)O[C@]12C(=O)N(Cc1cccc(NC(=O)c3ccccc3)c1)c1ccc(Br)cc12. The van der Waals surface area contributed by atoms with Crippen molar-refractivity contribution in [2.45, 2.75) is 63.2 Å². The second kappa shape index (κ2) is 12.8. The molecule has 0 saturated carbocycles. The predicted molar refractivity (Wildman–Crippen MR) is 181 cm³/mol. The highest BCUT2D eigenvalue weighted by Gasteiger charge is 2.66. The van der Waals surface area contributed by atoms with Crippen LogP contribution < -0.4 is 10.2 Å². The van der Waals surface area contributed by atoms with E-state index in [0.29, 0.717) is 36.3 Å². The topological polar surface area (TPSA) is 130 Å². The number of nitrogens with one attached hydrogen (secondary N) is 1. The van der Waals surface area contributed by atoms with Crippen molar-refractivity contribution in [2.75, 3.05) is 16.8 Å². The van der Waals surface area contributed by atoms with Gasteiger partial charge >= 0.3 is 0 Å². The van der Waals surface area contributed by atoms with Gasteiger partial charge in [-0.25, -0.2) is 0 Å². The van der Waals surface area contributed by atoms with Crippen LogP contribution in [0.4, 0.5) is 11.4 Å². The standard InChI is InChI=1S/C34H38BrN5O5Si/c1-22-31(46(2,3)44)30(14-16-39-21-27(15-17-41)37-38-39)45-34(22)28-19-25(35)12-13-29(28)40(33(34)43)20-23-8-7-11-26(18-23)36-32(42)24-9-5-4-6-10-24/h4-13,18-19,21-22,30-31,41,44H,14-17,20H2,1-3H3,(H,36,42)/t22-,30+,31-,34+/m0/s1. The van der Waals surface area contributed by atoms with Crippen LogP contribution in [0.1, 0.15) is 40.5 Å². The predicted octanol–water partition coefficient (Wildman–Crippen LogP) is 5.26. The molecule has 46 heavy (non-hydrogen) atoms. The number of halogens is 1. The molecular formula is C34H38BrN5O5Si. The van der Waals surface area contributed by atoms with Crippen LogP contribution in [0.3, 0.4) is 0 Å². The first kappa shape index (κ1) is 32.3. The quantitative estimate of drug-likeness (QED) is 0.192. The molecule has 4 atom stereocenters. The zero-order chi connectivity index (χ0) is 32.6. The molecule has 0 unspecified atom stereocenters. The molecular weight excluding hydrogens is 666 g/mol. The molecule has 10 nitrogen and oxygen atoms in total. The second-order valence-corrected chi connectivity index (χ2v) is 17.6. The molecule has 3 N–H and O–H groups in total. The van der Waals surface area contributed by atoms with E-state index in [1.807, 2.05) is 86.9 Å². The van der Waals surface area contributed by atoms with Crippen molar-refractivity contribution in [1.29, 1.82) is 0 Å². The highest BCUT2D eigenvalue weighted by atomic mass is 79.9. The van der Waals surface area contributed by atoms with Gasteiger partial charge in [-0.1, -0.05) is 58.4 Å². The summed E-state index contributed by atoms with van der Waals surface area (Å²) in [5.41, 5.74) is 2.81. The van der Waals surface area contributed by atoms with Gasteiger partial charge in [0.25, 0.3) is 11.8 Å². The van der Waals surface area contributed by atoms with Gasteiger partial charge in [0.05, 0.1) is 24.0 Å². The number of hydrogen-bond donors (Lipinski definition) is 3. The Morgan fingerprint density at radius 3 is 2.63 bits per heavy atom. The zero-order valence-electron chi connectivity index (χ0n) is 26.1. The molecule has 1 spiro atoms. The molecule has 2 aliphatic heterocycles. The molecule has 2 aliphatic rings. The van der Waals surface area contributed by atoms with Crippen molar-refractivity contribution in [1.82, 2.24) is 15.0 Å². The van der Waals surface area contributed by atoms with Gasteiger partial charge in [-0.15, -0.1) is 5.10 Å². The number of nitrogens with zero attached hydrogens (tertiary/aromatic N) is 4. The Morgan fingerprint density at radius 2 is 1.89 bits per heavy atom. The van der Waals surface area contributed by atoms with Gasteiger partial charge < -0.3 is 24.9 Å². The van der Waals surface area contributed by atoms with Crippen molar-refractivity contribution in [2.24, 2.45) is 5.92 Å². The summed E-state index contributed by atoms with van der Waals surface area (Å²) in [5.74, 6) is -0.670. The molecule has 0 radical (unpaired) electrons. The Morgan fingerprint density at radius 1 is 1.11 bits per heavy atom. The number of rotatable bonds is 10. The highest BCUT2D eigenvalue weighted by molar-refractivity contribution is 9.10. The molecule has 3 heterocycles. The Bertz CT molecular complexity index is 1750. The minimum absolute atomic E-state index is 0.00294. The van der Waals surface area contributed by atoms with Crippen LogP contribution in [0.2, 0.25) is 18.6 Å². The van der Waals surface area contributed by atoms with Crippen molar-refractivity contribution >= 4 is 47.4 Å². The van der Waals surface area contributed by atoms with Crippen LogP contribution in [0.15, 0.2) is 83.5 Å². The number of amides is 2. The Labute approximate surface area is 277 Å². The van der Waals surface area contributed by atoms with Gasteiger partial charge in [0.15, 0.2) is 13.9 Å². The van der Waals surface area contributed by atoms with Gasteiger partial charge in [-0.2, -0.15) is 0 Å². The highest BCUT2D eigenvalue weighted by Crippen LogP contribution is 2.60. The fourth-order valence-electron chi connectivity index (χ4n) is 7.14. The number of carbonyl (C=O) groups excluding carboxylic acids is 2. The molecule has 3 aromatic carbocycles. The van der Waals surface area contributed by atoms with Crippen molar-refractivity contribution < 1.29 is 24.2 Å². The summed E-state index contributed by atoms with van der Waals surface area (Å²) in [6.07, 6.45) is 2.39. The fourth-order valence-corrected chi connectivity index (χ4v) is 10.1. The van der Waals surface area contributed by atoms with Crippen molar-refractivity contribution in [3.63, 3.8) is 0 Å². The number of fused-ring (bicyclic) bond motifs is 2. The van der Waals surface area contributed by atoms with Gasteiger partial charge in [0.2, 0.25) is 0 Å². The van der Waals surface area contributed by atoms with E-state index in [4.69, 9.17) is 4.74 Å². The van der Waals surface area contributed by atoms with E-state index in [1.54, 1.807) is 21.7 Å². The monoisotopic (exact) mass is 703 g/mol. The minimum atomic E-state index is -2.83. The lowest BCUT2D eigenvalue weighted by atomic mass is 9.82. The lowest BCUT2D eigenvalue weighted by Gasteiger charge is -2.32. The van der Waals surface area contributed by atoms with E-state index in [0.717, 1.165) is 21.3 Å². The van der Waals surface area contributed by atoms with E-state index in [1.165, 1.54) is 0 Å². The molecule has 0 bridgehead atoms.